The summed E-state index contributed by atoms with van der Waals surface area (Å²) in [5.41, 5.74) is 3.96. The summed E-state index contributed by atoms with van der Waals surface area (Å²) in [6, 6.07) is 9.55. The molecule has 0 spiro atoms. The van der Waals surface area contributed by atoms with Gasteiger partial charge < -0.3 is 5.32 Å². The molecule has 2 rings (SSSR count). The predicted molar refractivity (Wildman–Crippen MR) is 88.4 cm³/mol. The van der Waals surface area contributed by atoms with Crippen molar-refractivity contribution in [2.75, 3.05) is 0 Å². The predicted octanol–water partition coefficient (Wildman–Crippen LogP) is 4.44. The number of hydrogen-bond donors (Lipinski definition) is 1. The molecule has 0 fully saturated rings. The number of aromatic nitrogens is 2. The molecule has 0 aliphatic carbocycles. The van der Waals surface area contributed by atoms with Crippen molar-refractivity contribution in [1.82, 2.24) is 15.1 Å². The summed E-state index contributed by atoms with van der Waals surface area (Å²) in [7, 11) is 0. The second kappa shape index (κ2) is 6.90. The lowest BCUT2D eigenvalue weighted by Crippen LogP contribution is -2.22. The quantitative estimate of drug-likeness (QED) is 0.850. The molecule has 1 N–H and O–H groups in total. The molecule has 0 radical (unpaired) electrons. The maximum absolute atomic E-state index is 4.34. The Kier molecular flexibility index (Phi) is 5.18. The average molecular weight is 285 g/mol. The van der Waals surface area contributed by atoms with Gasteiger partial charge in [0.2, 0.25) is 0 Å². The van der Waals surface area contributed by atoms with Gasteiger partial charge in [-0.05, 0) is 37.8 Å². The Bertz CT molecular complexity index is 554. The summed E-state index contributed by atoms with van der Waals surface area (Å²) >= 11 is 0. The Balaban J connectivity index is 2.01. The minimum atomic E-state index is 0.296. The number of nitrogens with zero attached hydrogens (tertiary/aromatic N) is 2. The maximum atomic E-state index is 4.34. The molecule has 3 heteroatoms. The fraction of sp³-hybridized carbons (Fsp3) is 0.500. The van der Waals surface area contributed by atoms with Gasteiger partial charge in [-0.2, -0.15) is 5.10 Å². The zero-order chi connectivity index (χ0) is 15.4. The molecule has 1 heterocycles. The first-order valence-electron chi connectivity index (χ1n) is 7.89. The van der Waals surface area contributed by atoms with Crippen LogP contribution in [0, 0.1) is 0 Å². The van der Waals surface area contributed by atoms with Gasteiger partial charge >= 0.3 is 0 Å². The van der Waals surface area contributed by atoms with Gasteiger partial charge in [0.25, 0.3) is 0 Å². The van der Waals surface area contributed by atoms with Crippen molar-refractivity contribution in [3.63, 3.8) is 0 Å². The third-order valence-electron chi connectivity index (χ3n) is 4.08. The smallest absolute Gasteiger partial charge is 0.0537 e. The lowest BCUT2D eigenvalue weighted by Gasteiger charge is -2.20. The molecule has 114 valence electrons. The van der Waals surface area contributed by atoms with Crippen LogP contribution >= 0.6 is 0 Å². The van der Waals surface area contributed by atoms with E-state index in [4.69, 9.17) is 0 Å². The summed E-state index contributed by atoms with van der Waals surface area (Å²) in [6.07, 6.45) is 4.07. The third kappa shape index (κ3) is 3.94. The Labute approximate surface area is 128 Å². The van der Waals surface area contributed by atoms with Gasteiger partial charge in [0.1, 0.15) is 0 Å². The fourth-order valence-corrected chi connectivity index (χ4v) is 2.51. The van der Waals surface area contributed by atoms with Crippen molar-refractivity contribution >= 4 is 0 Å². The molecule has 3 nitrogen and oxygen atoms in total. The lowest BCUT2D eigenvalue weighted by molar-refractivity contribution is 0.494. The SMILES string of the molecule is CCn1cc(C(C)NC(C)c2ccc(C(C)C)cc2)cn1. The molecular weight excluding hydrogens is 258 g/mol. The van der Waals surface area contributed by atoms with Crippen molar-refractivity contribution in [3.8, 4) is 0 Å². The molecule has 2 atom stereocenters. The molecule has 0 saturated heterocycles. The molecule has 2 aromatic rings. The van der Waals surface area contributed by atoms with Gasteiger partial charge in [0.05, 0.1) is 6.20 Å². The largest absolute Gasteiger partial charge is 0.304 e. The Morgan fingerprint density at radius 3 is 2.05 bits per heavy atom. The van der Waals surface area contributed by atoms with E-state index in [1.807, 2.05) is 10.9 Å². The van der Waals surface area contributed by atoms with E-state index in [0.717, 1.165) is 6.54 Å². The van der Waals surface area contributed by atoms with Crippen molar-refractivity contribution < 1.29 is 0 Å². The van der Waals surface area contributed by atoms with Crippen LogP contribution in [-0.4, -0.2) is 9.78 Å². The summed E-state index contributed by atoms with van der Waals surface area (Å²) < 4.78 is 1.97. The van der Waals surface area contributed by atoms with Crippen molar-refractivity contribution in [1.29, 1.82) is 0 Å². The highest BCUT2D eigenvalue weighted by Gasteiger charge is 2.13. The van der Waals surface area contributed by atoms with Crippen LogP contribution in [0.25, 0.3) is 0 Å². The van der Waals surface area contributed by atoms with Crippen LogP contribution in [-0.2, 0) is 6.54 Å². The highest BCUT2D eigenvalue weighted by atomic mass is 15.3. The van der Waals surface area contributed by atoms with E-state index in [2.05, 4.69) is 75.5 Å². The first-order chi connectivity index (χ1) is 10.0. The average Bonchev–Trinajstić information content (AvgIpc) is 2.96. The normalized spacial score (nSPS) is 14.4. The molecular formula is C18H27N3. The molecule has 21 heavy (non-hydrogen) atoms. The van der Waals surface area contributed by atoms with Crippen LogP contribution in [0.15, 0.2) is 36.7 Å². The number of benzene rings is 1. The maximum Gasteiger partial charge on any atom is 0.0537 e. The van der Waals surface area contributed by atoms with Crippen LogP contribution in [0.3, 0.4) is 0 Å². The number of nitrogens with one attached hydrogen (secondary N) is 1. The van der Waals surface area contributed by atoms with Gasteiger partial charge in [0.15, 0.2) is 0 Å². The molecule has 1 aromatic heterocycles. The molecule has 0 bridgehead atoms. The van der Waals surface area contributed by atoms with Crippen LogP contribution in [0.5, 0.6) is 0 Å². The first kappa shape index (κ1) is 15.8. The van der Waals surface area contributed by atoms with Gasteiger partial charge in [-0.3, -0.25) is 4.68 Å². The summed E-state index contributed by atoms with van der Waals surface area (Å²) in [4.78, 5) is 0. The second-order valence-corrected chi connectivity index (χ2v) is 6.06. The number of aryl methyl sites for hydroxylation is 1. The monoisotopic (exact) mass is 285 g/mol. The Morgan fingerprint density at radius 2 is 1.52 bits per heavy atom. The minimum absolute atomic E-state index is 0.296. The second-order valence-electron chi connectivity index (χ2n) is 6.06. The third-order valence-corrected chi connectivity index (χ3v) is 4.08. The van der Waals surface area contributed by atoms with E-state index >= 15 is 0 Å². The fourth-order valence-electron chi connectivity index (χ4n) is 2.51. The van der Waals surface area contributed by atoms with E-state index in [1.54, 1.807) is 0 Å². The number of rotatable bonds is 6. The van der Waals surface area contributed by atoms with Crippen molar-refractivity contribution in [2.24, 2.45) is 0 Å². The lowest BCUT2D eigenvalue weighted by atomic mass is 9.99. The van der Waals surface area contributed by atoms with Crippen LogP contribution in [0.1, 0.15) is 69.3 Å². The molecule has 2 unspecified atom stereocenters. The minimum Gasteiger partial charge on any atom is -0.304 e. The number of hydrogen-bond acceptors (Lipinski definition) is 2. The van der Waals surface area contributed by atoms with Gasteiger partial charge in [0, 0.05) is 30.4 Å². The Hall–Kier alpha value is -1.61. The van der Waals surface area contributed by atoms with E-state index in [1.165, 1.54) is 16.7 Å². The summed E-state index contributed by atoms with van der Waals surface area (Å²) in [5, 5.41) is 7.99. The molecule has 0 aliphatic rings. The van der Waals surface area contributed by atoms with Crippen molar-refractivity contribution in [2.45, 2.75) is 59.2 Å². The van der Waals surface area contributed by atoms with Crippen molar-refractivity contribution in [3.05, 3.63) is 53.3 Å². The van der Waals surface area contributed by atoms with Crippen LogP contribution in [0.2, 0.25) is 0 Å². The topological polar surface area (TPSA) is 29.9 Å². The van der Waals surface area contributed by atoms with Gasteiger partial charge in [-0.25, -0.2) is 0 Å². The molecule has 1 aromatic carbocycles. The standard InChI is InChI=1S/C18H27N3/c1-6-21-12-18(11-19-21)15(5)20-14(4)17-9-7-16(8-10-17)13(2)3/h7-15,20H,6H2,1-5H3. The highest BCUT2D eigenvalue weighted by Crippen LogP contribution is 2.21. The summed E-state index contributed by atoms with van der Waals surface area (Å²) in [6.45, 7) is 11.9. The van der Waals surface area contributed by atoms with Crippen LogP contribution in [0.4, 0.5) is 0 Å². The summed E-state index contributed by atoms with van der Waals surface area (Å²) in [5.74, 6) is 0.584. The molecule has 0 amide bonds. The van der Waals surface area contributed by atoms with E-state index in [9.17, 15) is 0 Å². The molecule has 0 aliphatic heterocycles. The van der Waals surface area contributed by atoms with E-state index in [-0.39, 0.29) is 0 Å². The zero-order valence-electron chi connectivity index (χ0n) is 13.8. The highest BCUT2D eigenvalue weighted by molar-refractivity contribution is 5.27. The zero-order valence-corrected chi connectivity index (χ0v) is 13.8. The van der Waals surface area contributed by atoms with Gasteiger partial charge in [-0.1, -0.05) is 38.1 Å². The van der Waals surface area contributed by atoms with E-state index < -0.39 is 0 Å². The van der Waals surface area contributed by atoms with E-state index in [0.29, 0.717) is 18.0 Å². The van der Waals surface area contributed by atoms with Crippen LogP contribution < -0.4 is 5.32 Å². The molecule has 0 saturated carbocycles. The first-order valence-corrected chi connectivity index (χ1v) is 7.89. The Morgan fingerprint density at radius 1 is 0.952 bits per heavy atom. The van der Waals surface area contributed by atoms with Gasteiger partial charge in [-0.15, -0.1) is 0 Å².